The molecule has 0 saturated heterocycles. The highest BCUT2D eigenvalue weighted by molar-refractivity contribution is 14.1. The maximum absolute atomic E-state index is 10.0. The van der Waals surface area contributed by atoms with E-state index in [0.29, 0.717) is 10.8 Å². The molecule has 1 unspecified atom stereocenters. The first-order valence-corrected chi connectivity index (χ1v) is 4.01. The van der Waals surface area contributed by atoms with Crippen LogP contribution in [0, 0.1) is 5.92 Å². The Bertz CT molecular complexity index is 78.5. The van der Waals surface area contributed by atoms with Gasteiger partial charge in [0, 0.05) is 16.3 Å². The lowest BCUT2D eigenvalue weighted by Gasteiger charge is -2.10. The molecule has 1 atom stereocenters. The van der Waals surface area contributed by atoms with Crippen molar-refractivity contribution in [3.63, 3.8) is 0 Å². The van der Waals surface area contributed by atoms with Gasteiger partial charge >= 0.3 is 0 Å². The molecule has 0 fully saturated rings. The fourth-order valence-corrected chi connectivity index (χ4v) is 1.32. The molecule has 0 aromatic heterocycles. The zero-order chi connectivity index (χ0) is 6.57. The Labute approximate surface area is 62.4 Å². The number of hydrogen-bond donors (Lipinski definition) is 0. The average Bonchev–Trinajstić information content (AvgIpc) is 1.69. The maximum atomic E-state index is 10.0. The van der Waals surface area contributed by atoms with Gasteiger partial charge in [-0.1, -0.05) is 29.5 Å². The van der Waals surface area contributed by atoms with Crippen LogP contribution in [-0.4, -0.2) is 10.4 Å². The van der Waals surface area contributed by atoms with Crippen molar-refractivity contribution in [1.29, 1.82) is 0 Å². The van der Waals surface area contributed by atoms with E-state index in [1.165, 1.54) is 0 Å². The third-order valence-electron chi connectivity index (χ3n) is 1.01. The molecule has 0 saturated carbocycles. The molecular weight excluding hydrogens is 219 g/mol. The highest BCUT2D eigenvalue weighted by Gasteiger charge is 2.02. The number of carboxylic acid groups (broad SMARTS) is 1. The van der Waals surface area contributed by atoms with Crippen molar-refractivity contribution < 1.29 is 9.90 Å². The van der Waals surface area contributed by atoms with Crippen LogP contribution in [0.2, 0.25) is 0 Å². The molecule has 2 nitrogen and oxygen atoms in total. The van der Waals surface area contributed by atoms with Crippen molar-refractivity contribution >= 4 is 28.6 Å². The number of carbonyl (C=O) groups is 1. The lowest BCUT2D eigenvalue weighted by atomic mass is 10.1. The number of hydrogen-bond acceptors (Lipinski definition) is 2. The van der Waals surface area contributed by atoms with Crippen LogP contribution >= 0.6 is 22.6 Å². The summed E-state index contributed by atoms with van der Waals surface area (Å²) in [6.07, 6.45) is 0.672. The third-order valence-corrected chi connectivity index (χ3v) is 2.08. The van der Waals surface area contributed by atoms with Gasteiger partial charge in [0.2, 0.25) is 0 Å². The molecule has 0 rings (SSSR count). The summed E-state index contributed by atoms with van der Waals surface area (Å²) >= 11 is 2.04. The number of halogens is 1. The minimum absolute atomic E-state index is 0.254. The van der Waals surface area contributed by atoms with E-state index in [4.69, 9.17) is 0 Å². The molecule has 0 aromatic rings. The smallest absolute Gasteiger partial charge is 0.0452 e. The van der Waals surface area contributed by atoms with Crippen molar-refractivity contribution in [2.45, 2.75) is 13.3 Å². The average molecular weight is 227 g/mol. The Kier molecular flexibility index (Phi) is 4.22. The first-order valence-electron chi connectivity index (χ1n) is 2.49. The molecule has 0 aromatic carbocycles. The van der Waals surface area contributed by atoms with Crippen LogP contribution in [0.3, 0.4) is 0 Å². The number of carboxylic acids is 1. The van der Waals surface area contributed by atoms with Crippen molar-refractivity contribution in [3.8, 4) is 0 Å². The molecule has 0 amide bonds. The lowest BCUT2D eigenvalue weighted by molar-refractivity contribution is -0.310. The quantitative estimate of drug-likeness (QED) is 0.510. The van der Waals surface area contributed by atoms with Crippen LogP contribution < -0.4 is 5.11 Å². The van der Waals surface area contributed by atoms with E-state index >= 15 is 0 Å². The van der Waals surface area contributed by atoms with Crippen molar-refractivity contribution in [3.05, 3.63) is 0 Å². The second kappa shape index (κ2) is 4.12. The second-order valence-electron chi connectivity index (χ2n) is 1.58. The molecule has 0 radical (unpaired) electrons. The van der Waals surface area contributed by atoms with Gasteiger partial charge in [0.25, 0.3) is 0 Å². The Morgan fingerprint density at radius 2 is 2.38 bits per heavy atom. The molecule has 8 heavy (non-hydrogen) atoms. The van der Waals surface area contributed by atoms with E-state index in [1.54, 1.807) is 0 Å². The standard InChI is InChI=1S/C5H9IO2/c1-2-4(3-6)5(7)8/h4H,2-3H2,1H3,(H,7,8)/p-1. The zero-order valence-electron chi connectivity index (χ0n) is 4.69. The number of rotatable bonds is 3. The van der Waals surface area contributed by atoms with Crippen LogP contribution in [0.1, 0.15) is 13.3 Å². The molecule has 0 spiro atoms. The summed E-state index contributed by atoms with van der Waals surface area (Å²) in [4.78, 5) is 10.0. The van der Waals surface area contributed by atoms with Gasteiger partial charge in [0.05, 0.1) is 0 Å². The third kappa shape index (κ3) is 2.49. The summed E-state index contributed by atoms with van der Waals surface area (Å²) in [7, 11) is 0. The molecule has 48 valence electrons. The fourth-order valence-electron chi connectivity index (χ4n) is 0.339. The van der Waals surface area contributed by atoms with Crippen LogP contribution in [0.4, 0.5) is 0 Å². The molecular formula is C5H8IO2-. The predicted octanol–water partition coefficient (Wildman–Crippen LogP) is 0.198. The zero-order valence-corrected chi connectivity index (χ0v) is 6.84. The summed E-state index contributed by atoms with van der Waals surface area (Å²) in [5, 5.41) is 10.0. The summed E-state index contributed by atoms with van der Waals surface area (Å²) in [5.74, 6) is -1.18. The van der Waals surface area contributed by atoms with Crippen LogP contribution in [-0.2, 0) is 4.79 Å². The molecule has 0 aliphatic rings. The maximum Gasteiger partial charge on any atom is 0.0452 e. The topological polar surface area (TPSA) is 40.1 Å². The highest BCUT2D eigenvalue weighted by atomic mass is 127. The Hall–Kier alpha value is 0.200. The van der Waals surface area contributed by atoms with Crippen LogP contribution in [0.25, 0.3) is 0 Å². The Morgan fingerprint density at radius 1 is 1.88 bits per heavy atom. The van der Waals surface area contributed by atoms with Gasteiger partial charge in [-0.3, -0.25) is 0 Å². The second-order valence-corrected chi connectivity index (χ2v) is 2.46. The van der Waals surface area contributed by atoms with Gasteiger partial charge in [-0.25, -0.2) is 0 Å². The molecule has 0 bridgehead atoms. The normalized spacial score (nSPS) is 13.2. The Balaban J connectivity index is 3.52. The van der Waals surface area contributed by atoms with E-state index in [0.717, 1.165) is 0 Å². The predicted molar refractivity (Wildman–Crippen MR) is 37.7 cm³/mol. The van der Waals surface area contributed by atoms with Gasteiger partial charge < -0.3 is 9.90 Å². The van der Waals surface area contributed by atoms with Crippen molar-refractivity contribution in [1.82, 2.24) is 0 Å². The van der Waals surface area contributed by atoms with Gasteiger partial charge in [0.1, 0.15) is 0 Å². The molecule has 0 aliphatic heterocycles. The van der Waals surface area contributed by atoms with E-state index in [1.807, 2.05) is 29.5 Å². The van der Waals surface area contributed by atoms with E-state index in [9.17, 15) is 9.90 Å². The lowest BCUT2D eigenvalue weighted by Crippen LogP contribution is -2.31. The Morgan fingerprint density at radius 3 is 2.38 bits per heavy atom. The van der Waals surface area contributed by atoms with E-state index in [-0.39, 0.29) is 5.92 Å². The van der Waals surface area contributed by atoms with Gasteiger partial charge in [-0.15, -0.1) is 0 Å². The highest BCUT2D eigenvalue weighted by Crippen LogP contribution is 2.03. The summed E-state index contributed by atoms with van der Waals surface area (Å²) in [6, 6.07) is 0. The SMILES string of the molecule is CCC(CI)C(=O)[O-]. The minimum Gasteiger partial charge on any atom is -0.550 e. The summed E-state index contributed by atoms with van der Waals surface area (Å²) < 4.78 is 0.649. The number of carbonyl (C=O) groups excluding carboxylic acids is 1. The van der Waals surface area contributed by atoms with Crippen molar-refractivity contribution in [2.75, 3.05) is 4.43 Å². The summed E-state index contributed by atoms with van der Waals surface area (Å²) in [5.41, 5.74) is 0. The van der Waals surface area contributed by atoms with Crippen molar-refractivity contribution in [2.24, 2.45) is 5.92 Å². The molecule has 0 aliphatic carbocycles. The van der Waals surface area contributed by atoms with Gasteiger partial charge in [0.15, 0.2) is 0 Å². The molecule has 0 N–H and O–H groups in total. The fraction of sp³-hybridized carbons (Fsp3) is 0.800. The van der Waals surface area contributed by atoms with E-state index < -0.39 is 5.97 Å². The molecule has 3 heteroatoms. The largest absolute Gasteiger partial charge is 0.550 e. The molecule has 0 heterocycles. The van der Waals surface area contributed by atoms with Gasteiger partial charge in [-0.05, 0) is 6.42 Å². The number of alkyl halides is 1. The summed E-state index contributed by atoms with van der Waals surface area (Å²) in [6.45, 7) is 1.85. The van der Waals surface area contributed by atoms with E-state index in [2.05, 4.69) is 0 Å². The van der Waals surface area contributed by atoms with Crippen LogP contribution in [0.5, 0.6) is 0 Å². The first kappa shape index (κ1) is 8.20. The minimum atomic E-state index is -0.929. The number of aliphatic carboxylic acids is 1. The van der Waals surface area contributed by atoms with Crippen LogP contribution in [0.15, 0.2) is 0 Å². The van der Waals surface area contributed by atoms with Gasteiger partial charge in [-0.2, -0.15) is 0 Å². The first-order chi connectivity index (χ1) is 3.72. The monoisotopic (exact) mass is 227 g/mol.